The van der Waals surface area contributed by atoms with Crippen LogP contribution in [0.4, 0.5) is 0 Å². The second kappa shape index (κ2) is 4.80. The first-order valence-electron chi connectivity index (χ1n) is 6.69. The van der Waals surface area contributed by atoms with E-state index < -0.39 is 12.0 Å². The minimum atomic E-state index is -0.923. The van der Waals surface area contributed by atoms with Crippen LogP contribution in [0, 0.1) is 19.8 Å². The molecule has 0 radical (unpaired) electrons. The van der Waals surface area contributed by atoms with Crippen LogP contribution in [0.25, 0.3) is 0 Å². The summed E-state index contributed by atoms with van der Waals surface area (Å²) in [5.74, 6) is -0.213. The number of thioether (sulfide) groups is 1. The number of nitrogens with zero attached hydrogens (tertiary/aromatic N) is 2. The zero-order valence-electron chi connectivity index (χ0n) is 11.4. The average molecular weight is 295 g/mol. The lowest BCUT2D eigenvalue weighted by Crippen LogP contribution is -2.46. The molecule has 6 nitrogen and oxygen atoms in total. The molecular weight excluding hydrogens is 278 g/mol. The van der Waals surface area contributed by atoms with Crippen molar-refractivity contribution in [2.24, 2.45) is 5.92 Å². The number of hydrogen-bond donors (Lipinski definition) is 2. The molecular formula is C13H17N3O3S. The van der Waals surface area contributed by atoms with Crippen LogP contribution in [0.1, 0.15) is 34.6 Å². The molecule has 2 unspecified atom stereocenters. The lowest BCUT2D eigenvalue weighted by molar-refractivity contribution is -0.141. The molecule has 2 atom stereocenters. The maximum Gasteiger partial charge on any atom is 0.327 e. The zero-order chi connectivity index (χ0) is 14.4. The van der Waals surface area contributed by atoms with Gasteiger partial charge < -0.3 is 10.0 Å². The van der Waals surface area contributed by atoms with Gasteiger partial charge in [0.1, 0.15) is 6.04 Å². The van der Waals surface area contributed by atoms with Gasteiger partial charge in [-0.25, -0.2) is 4.79 Å². The summed E-state index contributed by atoms with van der Waals surface area (Å²) in [4.78, 5) is 25.8. The van der Waals surface area contributed by atoms with Gasteiger partial charge in [0, 0.05) is 11.4 Å². The summed E-state index contributed by atoms with van der Waals surface area (Å²) in [6.45, 7) is 3.56. The van der Waals surface area contributed by atoms with E-state index in [1.54, 1.807) is 30.5 Å². The summed E-state index contributed by atoms with van der Waals surface area (Å²) in [5.41, 5.74) is 1.84. The summed E-state index contributed by atoms with van der Waals surface area (Å²) < 4.78 is 0. The van der Waals surface area contributed by atoms with Crippen LogP contribution in [0.2, 0.25) is 0 Å². The van der Waals surface area contributed by atoms with E-state index in [9.17, 15) is 14.7 Å². The third-order valence-electron chi connectivity index (χ3n) is 3.92. The molecule has 0 bridgehead atoms. The molecule has 7 heteroatoms. The Hall–Kier alpha value is -1.50. The Balaban J connectivity index is 1.95. The molecule has 1 aromatic heterocycles. The van der Waals surface area contributed by atoms with E-state index in [0.29, 0.717) is 28.6 Å². The number of carbonyl (C=O) groups excluding carboxylic acids is 1. The number of rotatable bonds is 3. The largest absolute Gasteiger partial charge is 0.480 e. The van der Waals surface area contributed by atoms with E-state index >= 15 is 0 Å². The summed E-state index contributed by atoms with van der Waals surface area (Å²) >= 11 is 1.59. The molecule has 0 aromatic carbocycles. The van der Waals surface area contributed by atoms with Gasteiger partial charge in [0.25, 0.3) is 5.91 Å². The predicted molar refractivity (Wildman–Crippen MR) is 74.6 cm³/mol. The number of carboxylic acids is 1. The fourth-order valence-corrected chi connectivity index (χ4v) is 4.35. The highest BCUT2D eigenvalue weighted by atomic mass is 32.2. The minimum absolute atomic E-state index is 0.00250. The van der Waals surface area contributed by atoms with Crippen molar-refractivity contribution in [1.82, 2.24) is 15.1 Å². The first-order chi connectivity index (χ1) is 9.50. The normalized spacial score (nSPS) is 26.0. The molecule has 2 N–H and O–H groups in total. The van der Waals surface area contributed by atoms with Crippen LogP contribution >= 0.6 is 11.8 Å². The average Bonchev–Trinajstić information content (AvgIpc) is 3.05. The molecule has 108 valence electrons. The smallest absolute Gasteiger partial charge is 0.327 e. The number of aromatic nitrogens is 2. The van der Waals surface area contributed by atoms with Crippen molar-refractivity contribution >= 4 is 23.6 Å². The zero-order valence-corrected chi connectivity index (χ0v) is 12.2. The van der Waals surface area contributed by atoms with Crippen LogP contribution in [0.5, 0.6) is 0 Å². The van der Waals surface area contributed by atoms with Crippen molar-refractivity contribution < 1.29 is 14.7 Å². The van der Waals surface area contributed by atoms with Crippen LogP contribution < -0.4 is 0 Å². The summed E-state index contributed by atoms with van der Waals surface area (Å²) in [5, 5.41) is 16.2. The molecule has 2 aliphatic rings. The highest BCUT2D eigenvalue weighted by Crippen LogP contribution is 2.46. The van der Waals surface area contributed by atoms with Crippen molar-refractivity contribution in [2.75, 3.05) is 5.75 Å². The second-order valence-corrected chi connectivity index (χ2v) is 6.59. The molecule has 2 heterocycles. The maximum atomic E-state index is 12.8. The number of carbonyl (C=O) groups is 2. The monoisotopic (exact) mass is 295 g/mol. The lowest BCUT2D eigenvalue weighted by Gasteiger charge is -2.27. The van der Waals surface area contributed by atoms with Gasteiger partial charge in [-0.1, -0.05) is 0 Å². The Labute approximate surface area is 120 Å². The number of aryl methyl sites for hydroxylation is 2. The fourth-order valence-electron chi connectivity index (χ4n) is 2.71. The number of H-pyrrole nitrogens is 1. The molecule has 3 rings (SSSR count). The topological polar surface area (TPSA) is 86.3 Å². The van der Waals surface area contributed by atoms with Gasteiger partial charge in [-0.15, -0.1) is 11.8 Å². The lowest BCUT2D eigenvalue weighted by atomic mass is 10.1. The van der Waals surface area contributed by atoms with Gasteiger partial charge in [0.05, 0.1) is 16.6 Å². The first kappa shape index (κ1) is 13.5. The molecule has 0 spiro atoms. The number of nitrogens with one attached hydrogen (secondary N) is 1. The Morgan fingerprint density at radius 3 is 2.60 bits per heavy atom. The Morgan fingerprint density at radius 2 is 2.10 bits per heavy atom. The molecule has 1 aliphatic carbocycles. The number of hydrogen-bond acceptors (Lipinski definition) is 4. The maximum absolute atomic E-state index is 12.8. The molecule has 1 amide bonds. The van der Waals surface area contributed by atoms with Crippen LogP contribution in [-0.2, 0) is 4.79 Å². The second-order valence-electron chi connectivity index (χ2n) is 5.44. The SMILES string of the molecule is Cc1n[nH]c(C)c1C(=O)N1C(C(=O)O)CSC1C1CC1. The van der Waals surface area contributed by atoms with Gasteiger partial charge in [-0.3, -0.25) is 9.89 Å². The predicted octanol–water partition coefficient (Wildman–Crippen LogP) is 1.40. The Morgan fingerprint density at radius 1 is 1.40 bits per heavy atom. The van der Waals surface area contributed by atoms with E-state index in [1.165, 1.54) is 0 Å². The molecule has 1 aliphatic heterocycles. The van der Waals surface area contributed by atoms with E-state index in [0.717, 1.165) is 12.8 Å². The van der Waals surface area contributed by atoms with E-state index in [-0.39, 0.29) is 11.3 Å². The Kier molecular flexibility index (Phi) is 3.24. The molecule has 20 heavy (non-hydrogen) atoms. The van der Waals surface area contributed by atoms with Gasteiger partial charge >= 0.3 is 5.97 Å². The summed E-state index contributed by atoms with van der Waals surface area (Å²) in [6, 6.07) is -0.730. The number of amides is 1. The highest BCUT2D eigenvalue weighted by Gasteiger charge is 2.48. The number of aromatic amines is 1. The molecule has 1 saturated heterocycles. The van der Waals surface area contributed by atoms with Crippen molar-refractivity contribution in [2.45, 2.75) is 38.1 Å². The number of aliphatic carboxylic acids is 1. The van der Waals surface area contributed by atoms with Crippen LogP contribution in [-0.4, -0.2) is 49.2 Å². The van der Waals surface area contributed by atoms with Gasteiger partial charge in [-0.2, -0.15) is 5.10 Å². The third-order valence-corrected chi connectivity index (χ3v) is 5.38. The molecule has 2 fully saturated rings. The third kappa shape index (κ3) is 2.09. The van der Waals surface area contributed by atoms with Crippen LogP contribution in [0.15, 0.2) is 0 Å². The number of carboxylic acid groups (broad SMARTS) is 1. The van der Waals surface area contributed by atoms with Crippen molar-refractivity contribution in [1.29, 1.82) is 0 Å². The molecule has 1 saturated carbocycles. The van der Waals surface area contributed by atoms with E-state index in [4.69, 9.17) is 0 Å². The van der Waals surface area contributed by atoms with E-state index in [2.05, 4.69) is 10.2 Å². The van der Waals surface area contributed by atoms with Crippen LogP contribution in [0.3, 0.4) is 0 Å². The van der Waals surface area contributed by atoms with Crippen molar-refractivity contribution in [3.8, 4) is 0 Å². The standard InChI is InChI=1S/C13H17N3O3S/c1-6-10(7(2)15-14-6)11(17)16-9(13(18)19)5-20-12(16)8-3-4-8/h8-9,12H,3-5H2,1-2H3,(H,14,15)(H,18,19). The quantitative estimate of drug-likeness (QED) is 0.880. The highest BCUT2D eigenvalue weighted by molar-refractivity contribution is 8.00. The summed E-state index contributed by atoms with van der Waals surface area (Å²) in [7, 11) is 0. The van der Waals surface area contributed by atoms with Gasteiger partial charge in [-0.05, 0) is 32.6 Å². The van der Waals surface area contributed by atoms with Gasteiger partial charge in [0.2, 0.25) is 0 Å². The van der Waals surface area contributed by atoms with Crippen molar-refractivity contribution in [3.63, 3.8) is 0 Å². The van der Waals surface area contributed by atoms with Crippen molar-refractivity contribution in [3.05, 3.63) is 17.0 Å². The first-order valence-corrected chi connectivity index (χ1v) is 7.74. The fraction of sp³-hybridized carbons (Fsp3) is 0.615. The molecule has 1 aromatic rings. The summed E-state index contributed by atoms with van der Waals surface area (Å²) in [6.07, 6.45) is 2.16. The minimum Gasteiger partial charge on any atom is -0.480 e. The Bertz CT molecular complexity index is 548. The van der Waals surface area contributed by atoms with E-state index in [1.807, 2.05) is 0 Å². The van der Waals surface area contributed by atoms with Gasteiger partial charge in [0.15, 0.2) is 0 Å².